The van der Waals surface area contributed by atoms with E-state index in [0.717, 1.165) is 37.2 Å². The molecule has 1 aromatic heterocycles. The molecule has 146 valence electrons. The maximum absolute atomic E-state index is 11.9. The van der Waals surface area contributed by atoms with Gasteiger partial charge in [0, 0.05) is 30.8 Å². The molecule has 1 fully saturated rings. The molecule has 0 saturated carbocycles. The molecule has 3 rings (SSSR count). The van der Waals surface area contributed by atoms with Gasteiger partial charge in [0.25, 0.3) is 5.56 Å². The number of piperidine rings is 1. The zero-order chi connectivity index (χ0) is 19.2. The summed E-state index contributed by atoms with van der Waals surface area (Å²) < 4.78 is 0. The van der Waals surface area contributed by atoms with Crippen molar-refractivity contribution in [2.24, 2.45) is 0 Å². The Hall–Kier alpha value is -1.98. The lowest BCUT2D eigenvalue weighted by Crippen LogP contribution is -2.39. The summed E-state index contributed by atoms with van der Waals surface area (Å²) in [5.41, 5.74) is 2.93. The monoisotopic (exact) mass is 369 g/mol. The molecule has 1 aromatic carbocycles. The number of H-pyrrole nitrogens is 1. The fourth-order valence-corrected chi connectivity index (χ4v) is 3.83. The van der Waals surface area contributed by atoms with E-state index in [1.54, 1.807) is 6.07 Å². The van der Waals surface area contributed by atoms with Crippen LogP contribution in [0.1, 0.15) is 63.1 Å². The first-order chi connectivity index (χ1) is 13.1. The molecule has 0 spiro atoms. The van der Waals surface area contributed by atoms with Crippen LogP contribution in [0.3, 0.4) is 0 Å². The molecule has 27 heavy (non-hydrogen) atoms. The quantitative estimate of drug-likeness (QED) is 0.781. The van der Waals surface area contributed by atoms with Gasteiger partial charge in [-0.1, -0.05) is 44.5 Å². The Balaban J connectivity index is 1.72. The molecule has 0 amide bonds. The van der Waals surface area contributed by atoms with Crippen LogP contribution < -0.4 is 5.56 Å². The normalized spacial score (nSPS) is 18.1. The third-order valence-electron chi connectivity index (χ3n) is 5.41. The highest BCUT2D eigenvalue weighted by atomic mass is 16.2. The van der Waals surface area contributed by atoms with Crippen LogP contribution in [0.4, 0.5) is 0 Å². The van der Waals surface area contributed by atoms with Crippen LogP contribution in [0.5, 0.6) is 0 Å². The van der Waals surface area contributed by atoms with Gasteiger partial charge >= 0.3 is 0 Å². The van der Waals surface area contributed by atoms with E-state index in [1.165, 1.54) is 24.8 Å². The van der Waals surface area contributed by atoms with Crippen LogP contribution in [0, 0.1) is 0 Å². The maximum atomic E-state index is 11.9. The van der Waals surface area contributed by atoms with Gasteiger partial charge in [-0.05, 0) is 43.7 Å². The highest BCUT2D eigenvalue weighted by Gasteiger charge is 2.21. The van der Waals surface area contributed by atoms with Gasteiger partial charge in [0.05, 0.1) is 5.69 Å². The highest BCUT2D eigenvalue weighted by Crippen LogP contribution is 2.24. The lowest BCUT2D eigenvalue weighted by molar-refractivity contribution is 0.124. The molecule has 0 aliphatic carbocycles. The summed E-state index contributed by atoms with van der Waals surface area (Å²) in [5.74, 6) is 0.858. The molecular weight excluding hydrogens is 338 g/mol. The summed E-state index contributed by atoms with van der Waals surface area (Å²) in [7, 11) is 0. The second-order valence-corrected chi connectivity index (χ2v) is 7.86. The van der Waals surface area contributed by atoms with E-state index in [-0.39, 0.29) is 18.1 Å². The minimum Gasteiger partial charge on any atom is -0.396 e. The smallest absolute Gasteiger partial charge is 0.251 e. The molecular formula is C22H31N3O2. The zero-order valence-corrected chi connectivity index (χ0v) is 16.4. The number of likely N-dealkylation sites (tertiary alicyclic amines) is 1. The number of benzene rings is 1. The molecule has 1 aliphatic heterocycles. The summed E-state index contributed by atoms with van der Waals surface area (Å²) in [6, 6.07) is 10.5. The Morgan fingerprint density at radius 1 is 1.26 bits per heavy atom. The molecule has 5 nitrogen and oxygen atoms in total. The van der Waals surface area contributed by atoms with Crippen molar-refractivity contribution in [2.45, 2.75) is 64.5 Å². The number of aliphatic hydroxyl groups is 1. The zero-order valence-electron chi connectivity index (χ0n) is 16.4. The van der Waals surface area contributed by atoms with E-state index in [2.05, 4.69) is 27.0 Å². The van der Waals surface area contributed by atoms with Gasteiger partial charge in [0.15, 0.2) is 0 Å². The average Bonchev–Trinajstić information content (AvgIpc) is 2.67. The lowest BCUT2D eigenvalue weighted by Gasteiger charge is -2.35. The Bertz CT molecular complexity index is 783. The van der Waals surface area contributed by atoms with Crippen LogP contribution in [0.25, 0.3) is 11.4 Å². The summed E-state index contributed by atoms with van der Waals surface area (Å²) in [5, 5.41) is 9.14. The number of aromatic nitrogens is 2. The highest BCUT2D eigenvalue weighted by molar-refractivity contribution is 5.55. The predicted octanol–water partition coefficient (Wildman–Crippen LogP) is 3.69. The van der Waals surface area contributed by atoms with E-state index < -0.39 is 0 Å². The van der Waals surface area contributed by atoms with Crippen LogP contribution >= 0.6 is 0 Å². The predicted molar refractivity (Wildman–Crippen MR) is 109 cm³/mol. The van der Waals surface area contributed by atoms with Crippen LogP contribution in [0.15, 0.2) is 35.1 Å². The topological polar surface area (TPSA) is 69.2 Å². The first-order valence-corrected chi connectivity index (χ1v) is 10.1. The third-order valence-corrected chi connectivity index (χ3v) is 5.41. The number of rotatable bonds is 7. The van der Waals surface area contributed by atoms with Crippen molar-refractivity contribution < 1.29 is 5.11 Å². The molecule has 2 N–H and O–H groups in total. The van der Waals surface area contributed by atoms with Crippen molar-refractivity contribution in [2.75, 3.05) is 13.2 Å². The number of hydrogen-bond acceptors (Lipinski definition) is 4. The third kappa shape index (κ3) is 5.27. The van der Waals surface area contributed by atoms with Gasteiger partial charge in [0.2, 0.25) is 0 Å². The van der Waals surface area contributed by atoms with E-state index in [0.29, 0.717) is 11.9 Å². The molecule has 2 heterocycles. The number of nitrogens with zero attached hydrogens (tertiary/aromatic N) is 2. The Morgan fingerprint density at radius 2 is 2.04 bits per heavy atom. The van der Waals surface area contributed by atoms with Crippen molar-refractivity contribution in [3.63, 3.8) is 0 Å². The van der Waals surface area contributed by atoms with Gasteiger partial charge in [-0.3, -0.25) is 9.69 Å². The second kappa shape index (κ2) is 9.29. The van der Waals surface area contributed by atoms with Crippen molar-refractivity contribution in [3.05, 3.63) is 51.9 Å². The number of hydrogen-bond donors (Lipinski definition) is 2. The van der Waals surface area contributed by atoms with Gasteiger partial charge < -0.3 is 10.1 Å². The van der Waals surface area contributed by atoms with Crippen molar-refractivity contribution in [1.29, 1.82) is 0 Å². The number of nitrogens with one attached hydrogen (secondary N) is 1. The van der Waals surface area contributed by atoms with Gasteiger partial charge in [0.1, 0.15) is 5.82 Å². The van der Waals surface area contributed by atoms with E-state index in [1.807, 2.05) is 26.0 Å². The molecule has 0 bridgehead atoms. The molecule has 5 heteroatoms. The summed E-state index contributed by atoms with van der Waals surface area (Å²) in [6.45, 7) is 6.43. The minimum atomic E-state index is -0.104. The van der Waals surface area contributed by atoms with Gasteiger partial charge in [-0.25, -0.2) is 4.98 Å². The first kappa shape index (κ1) is 19.8. The Labute approximate surface area is 161 Å². The van der Waals surface area contributed by atoms with Crippen molar-refractivity contribution in [3.8, 4) is 11.4 Å². The fourth-order valence-electron chi connectivity index (χ4n) is 3.83. The van der Waals surface area contributed by atoms with Crippen LogP contribution in [-0.4, -0.2) is 39.2 Å². The fraction of sp³-hybridized carbons (Fsp3) is 0.545. The van der Waals surface area contributed by atoms with E-state index >= 15 is 0 Å². The minimum absolute atomic E-state index is 0.104. The standard InChI is InChI=1S/C22H31N3O2/c1-16(2)20-14-21(27)24-22(23-20)18-10-8-17(9-11-18)15-25-12-4-3-6-19(25)7-5-13-26/h8-11,14,16,19,26H,3-7,12-13,15H2,1-2H3,(H,23,24,27). The SMILES string of the molecule is CC(C)c1cc(=O)[nH]c(-c2ccc(CN3CCCCC3CCCO)cc2)n1. The number of aliphatic hydroxyl groups excluding tert-OH is 1. The van der Waals surface area contributed by atoms with Crippen LogP contribution in [-0.2, 0) is 6.54 Å². The average molecular weight is 370 g/mol. The van der Waals surface area contributed by atoms with Gasteiger partial charge in [-0.15, -0.1) is 0 Å². The summed E-state index contributed by atoms with van der Waals surface area (Å²) in [4.78, 5) is 21.9. The lowest BCUT2D eigenvalue weighted by atomic mass is 9.97. The number of aromatic amines is 1. The van der Waals surface area contributed by atoms with Crippen LogP contribution in [0.2, 0.25) is 0 Å². The molecule has 2 aromatic rings. The molecule has 1 atom stereocenters. The summed E-state index contributed by atoms with van der Waals surface area (Å²) >= 11 is 0. The largest absolute Gasteiger partial charge is 0.396 e. The summed E-state index contributed by atoms with van der Waals surface area (Å²) in [6.07, 6.45) is 5.72. The van der Waals surface area contributed by atoms with Crippen molar-refractivity contribution >= 4 is 0 Å². The Morgan fingerprint density at radius 3 is 2.74 bits per heavy atom. The molecule has 1 unspecified atom stereocenters. The molecule has 0 radical (unpaired) electrons. The first-order valence-electron chi connectivity index (χ1n) is 10.1. The van der Waals surface area contributed by atoms with Gasteiger partial charge in [-0.2, -0.15) is 0 Å². The Kier molecular flexibility index (Phi) is 6.80. The van der Waals surface area contributed by atoms with Crippen molar-refractivity contribution in [1.82, 2.24) is 14.9 Å². The van der Waals surface area contributed by atoms with E-state index in [9.17, 15) is 4.79 Å². The maximum Gasteiger partial charge on any atom is 0.251 e. The molecule has 1 aliphatic rings. The second-order valence-electron chi connectivity index (χ2n) is 7.86. The van der Waals surface area contributed by atoms with E-state index in [4.69, 9.17) is 5.11 Å². The molecule has 1 saturated heterocycles.